The first-order chi connectivity index (χ1) is 12.5. The van der Waals surface area contributed by atoms with Gasteiger partial charge in [-0.3, -0.25) is 0 Å². The number of methoxy groups -OCH3 is 4. The third kappa shape index (κ3) is 2.79. The molecule has 0 aliphatic carbocycles. The Balaban J connectivity index is 2.06. The summed E-state index contributed by atoms with van der Waals surface area (Å²) in [4.78, 5) is 0. The second-order valence-corrected chi connectivity index (χ2v) is 5.83. The topological polar surface area (TPSA) is 86.6 Å². The molecule has 1 unspecified atom stereocenters. The van der Waals surface area contributed by atoms with E-state index in [1.807, 2.05) is 6.07 Å². The first-order valence-corrected chi connectivity index (χ1v) is 8.13. The van der Waals surface area contributed by atoms with Gasteiger partial charge >= 0.3 is 0 Å². The predicted octanol–water partition coefficient (Wildman–Crippen LogP) is 3.20. The van der Waals surface area contributed by atoms with E-state index in [-0.39, 0.29) is 17.2 Å². The van der Waals surface area contributed by atoms with Crippen LogP contribution in [0.1, 0.15) is 23.7 Å². The van der Waals surface area contributed by atoms with E-state index >= 15 is 0 Å². The predicted molar refractivity (Wildman–Crippen MR) is 94.1 cm³/mol. The van der Waals surface area contributed by atoms with E-state index in [0.29, 0.717) is 41.4 Å². The third-order valence-corrected chi connectivity index (χ3v) is 4.51. The van der Waals surface area contributed by atoms with Crippen molar-refractivity contribution >= 4 is 0 Å². The van der Waals surface area contributed by atoms with Gasteiger partial charge in [0.25, 0.3) is 0 Å². The van der Waals surface area contributed by atoms with Gasteiger partial charge in [0.05, 0.1) is 28.4 Å². The van der Waals surface area contributed by atoms with Crippen molar-refractivity contribution in [3.05, 3.63) is 29.3 Å². The zero-order valence-corrected chi connectivity index (χ0v) is 15.2. The van der Waals surface area contributed by atoms with Gasteiger partial charge in [0.2, 0.25) is 17.2 Å². The van der Waals surface area contributed by atoms with Crippen LogP contribution < -0.4 is 23.7 Å². The van der Waals surface area contributed by atoms with E-state index in [1.165, 1.54) is 28.4 Å². The molecule has 2 aromatic carbocycles. The molecule has 1 heterocycles. The van der Waals surface area contributed by atoms with Crippen molar-refractivity contribution in [2.75, 3.05) is 28.4 Å². The fourth-order valence-electron chi connectivity index (χ4n) is 3.20. The van der Waals surface area contributed by atoms with Gasteiger partial charge in [0.15, 0.2) is 23.0 Å². The Kier molecular flexibility index (Phi) is 4.88. The van der Waals surface area contributed by atoms with Crippen LogP contribution in [0.3, 0.4) is 0 Å². The third-order valence-electron chi connectivity index (χ3n) is 4.51. The molecule has 2 aromatic rings. The van der Waals surface area contributed by atoms with Gasteiger partial charge < -0.3 is 33.9 Å². The molecule has 1 aliphatic rings. The number of hydrogen-bond donors (Lipinski definition) is 2. The van der Waals surface area contributed by atoms with E-state index < -0.39 is 6.10 Å². The summed E-state index contributed by atoms with van der Waals surface area (Å²) in [6.07, 6.45) is 0.799. The van der Waals surface area contributed by atoms with Crippen molar-refractivity contribution in [2.45, 2.75) is 18.9 Å². The van der Waals surface area contributed by atoms with Crippen molar-refractivity contribution in [3.63, 3.8) is 0 Å². The molecule has 0 saturated carbocycles. The number of ether oxygens (including phenoxy) is 5. The number of aryl methyl sites for hydroxylation is 1. The molecule has 2 N–H and O–H groups in total. The molecule has 0 bridgehead atoms. The van der Waals surface area contributed by atoms with Gasteiger partial charge in [-0.15, -0.1) is 0 Å². The van der Waals surface area contributed by atoms with Crippen LogP contribution in [-0.4, -0.2) is 38.7 Å². The number of phenols is 2. The maximum atomic E-state index is 10.7. The number of phenolic OH excluding ortho intramolecular Hbond substituents is 2. The zero-order chi connectivity index (χ0) is 18.8. The molecule has 7 heteroatoms. The van der Waals surface area contributed by atoms with E-state index in [9.17, 15) is 10.2 Å². The van der Waals surface area contributed by atoms with Gasteiger partial charge in [-0.2, -0.15) is 0 Å². The highest BCUT2D eigenvalue weighted by atomic mass is 16.5. The Bertz CT molecular complexity index is 816. The minimum absolute atomic E-state index is 0.0540. The lowest BCUT2D eigenvalue weighted by molar-refractivity contribution is 0.162. The first-order valence-electron chi connectivity index (χ1n) is 8.13. The smallest absolute Gasteiger partial charge is 0.207 e. The Morgan fingerprint density at radius 2 is 1.58 bits per heavy atom. The monoisotopic (exact) mass is 362 g/mol. The normalized spacial score (nSPS) is 15.6. The molecule has 26 heavy (non-hydrogen) atoms. The molecule has 7 nitrogen and oxygen atoms in total. The second-order valence-electron chi connectivity index (χ2n) is 5.83. The van der Waals surface area contributed by atoms with E-state index in [0.717, 1.165) is 5.56 Å². The van der Waals surface area contributed by atoms with E-state index in [2.05, 4.69) is 0 Å². The molecule has 0 amide bonds. The Morgan fingerprint density at radius 1 is 0.885 bits per heavy atom. The van der Waals surface area contributed by atoms with Gasteiger partial charge in [-0.1, -0.05) is 6.07 Å². The molecular weight excluding hydrogens is 340 g/mol. The number of hydrogen-bond acceptors (Lipinski definition) is 7. The molecule has 140 valence electrons. The van der Waals surface area contributed by atoms with Crippen LogP contribution in [0.25, 0.3) is 0 Å². The van der Waals surface area contributed by atoms with E-state index in [1.54, 1.807) is 12.1 Å². The minimum Gasteiger partial charge on any atom is -0.504 e. The highest BCUT2D eigenvalue weighted by Gasteiger charge is 2.31. The van der Waals surface area contributed by atoms with Crippen molar-refractivity contribution in [3.8, 4) is 40.2 Å². The lowest BCUT2D eigenvalue weighted by atomic mass is 9.95. The standard InChI is InChI=1S/C19H22O7/c1-22-13-8-6-10-5-7-12(26-17(10)16(13)21)11-9-14(23-2)18(24-3)19(25-4)15(11)20/h6,8-9,12,20-21H,5,7H2,1-4H3. The van der Waals surface area contributed by atoms with Crippen LogP contribution in [-0.2, 0) is 6.42 Å². The largest absolute Gasteiger partial charge is 0.504 e. The van der Waals surface area contributed by atoms with Gasteiger partial charge in [-0.05, 0) is 30.5 Å². The Morgan fingerprint density at radius 3 is 2.19 bits per heavy atom. The molecule has 3 rings (SSSR count). The second kappa shape index (κ2) is 7.11. The van der Waals surface area contributed by atoms with Crippen molar-refractivity contribution in [2.24, 2.45) is 0 Å². The Labute approximate surface area is 151 Å². The van der Waals surface area contributed by atoms with Crippen LogP contribution in [0.15, 0.2) is 18.2 Å². The molecule has 1 atom stereocenters. The summed E-state index contributed by atoms with van der Waals surface area (Å²) in [5, 5.41) is 21.0. The molecule has 0 aromatic heterocycles. The molecule has 1 aliphatic heterocycles. The molecule has 0 spiro atoms. The molecule has 0 fully saturated rings. The van der Waals surface area contributed by atoms with Crippen molar-refractivity contribution < 1.29 is 33.9 Å². The molecule has 0 radical (unpaired) electrons. The summed E-state index contributed by atoms with van der Waals surface area (Å²) >= 11 is 0. The van der Waals surface area contributed by atoms with Gasteiger partial charge in [0.1, 0.15) is 6.10 Å². The number of rotatable bonds is 5. The fraction of sp³-hybridized carbons (Fsp3) is 0.368. The highest BCUT2D eigenvalue weighted by Crippen LogP contribution is 2.51. The van der Waals surface area contributed by atoms with Crippen molar-refractivity contribution in [1.29, 1.82) is 0 Å². The first kappa shape index (κ1) is 17.8. The van der Waals surface area contributed by atoms with Crippen LogP contribution in [0.2, 0.25) is 0 Å². The summed E-state index contributed by atoms with van der Waals surface area (Å²) in [6, 6.07) is 5.22. The zero-order valence-electron chi connectivity index (χ0n) is 15.2. The molecular formula is C19H22O7. The maximum absolute atomic E-state index is 10.7. The number of fused-ring (bicyclic) bond motifs is 1. The van der Waals surface area contributed by atoms with Crippen LogP contribution in [0.4, 0.5) is 0 Å². The summed E-state index contributed by atoms with van der Waals surface area (Å²) in [7, 11) is 5.89. The van der Waals surface area contributed by atoms with Gasteiger partial charge in [0, 0.05) is 5.56 Å². The highest BCUT2D eigenvalue weighted by molar-refractivity contribution is 5.63. The summed E-state index contributed by atoms with van der Waals surface area (Å²) in [6.45, 7) is 0. The van der Waals surface area contributed by atoms with E-state index in [4.69, 9.17) is 23.7 Å². The lowest BCUT2D eigenvalue weighted by Gasteiger charge is -2.29. The Hall–Kier alpha value is -2.96. The fourth-order valence-corrected chi connectivity index (χ4v) is 3.20. The lowest BCUT2D eigenvalue weighted by Crippen LogP contribution is -2.16. The summed E-state index contributed by atoms with van der Waals surface area (Å²) in [5.41, 5.74) is 1.37. The van der Waals surface area contributed by atoms with Crippen molar-refractivity contribution in [1.82, 2.24) is 0 Å². The van der Waals surface area contributed by atoms with Crippen LogP contribution in [0.5, 0.6) is 40.2 Å². The average molecular weight is 362 g/mol. The van der Waals surface area contributed by atoms with Crippen LogP contribution >= 0.6 is 0 Å². The van der Waals surface area contributed by atoms with Crippen LogP contribution in [0, 0.1) is 0 Å². The summed E-state index contributed by atoms with van der Waals surface area (Å²) in [5.74, 6) is 1.44. The quantitative estimate of drug-likeness (QED) is 0.844. The minimum atomic E-state index is -0.491. The van der Waals surface area contributed by atoms with Gasteiger partial charge in [-0.25, -0.2) is 0 Å². The molecule has 0 saturated heterocycles. The number of aromatic hydroxyl groups is 2. The maximum Gasteiger partial charge on any atom is 0.207 e. The number of benzene rings is 2. The average Bonchev–Trinajstić information content (AvgIpc) is 2.67. The SMILES string of the molecule is COc1ccc2c(c1O)OC(c1cc(OC)c(OC)c(OC)c1O)CC2. The summed E-state index contributed by atoms with van der Waals surface area (Å²) < 4.78 is 27.1.